The van der Waals surface area contributed by atoms with Crippen molar-refractivity contribution in [1.82, 2.24) is 5.43 Å². The minimum Gasteiger partial charge on any atom is -0.493 e. The Hall–Kier alpha value is -3.09. The molecule has 0 atom stereocenters. The second-order valence-electron chi connectivity index (χ2n) is 4.52. The van der Waals surface area contributed by atoms with Gasteiger partial charge < -0.3 is 15.2 Å². The van der Waals surface area contributed by atoms with Crippen molar-refractivity contribution in [2.24, 2.45) is 10.8 Å². The fourth-order valence-electron chi connectivity index (χ4n) is 1.83. The van der Waals surface area contributed by atoms with Gasteiger partial charge in [0.15, 0.2) is 11.5 Å². The number of amides is 2. The Morgan fingerprint density at radius 1 is 1.30 bits per heavy atom. The lowest BCUT2D eigenvalue weighted by Crippen LogP contribution is -2.24. The number of hydrogen-bond acceptors (Lipinski definition) is 4. The fraction of sp³-hybridized carbons (Fsp3) is 0.125. The maximum Gasteiger partial charge on any atom is 0.332 e. The summed E-state index contributed by atoms with van der Waals surface area (Å²) in [5.41, 5.74) is 8.12. The Morgan fingerprint density at radius 2 is 2.09 bits per heavy atom. The normalized spacial score (nSPS) is 10.5. The highest BCUT2D eigenvalue weighted by Gasteiger charge is 2.07. The van der Waals surface area contributed by atoms with Crippen molar-refractivity contribution in [2.45, 2.75) is 6.61 Å². The van der Waals surface area contributed by atoms with Crippen molar-refractivity contribution in [3.8, 4) is 11.5 Å². The van der Waals surface area contributed by atoms with Crippen LogP contribution in [0.2, 0.25) is 0 Å². The molecule has 6 nitrogen and oxygen atoms in total. The van der Waals surface area contributed by atoms with Crippen LogP contribution in [0.25, 0.3) is 0 Å². The fourth-order valence-corrected chi connectivity index (χ4v) is 1.83. The Labute approximate surface area is 132 Å². The van der Waals surface area contributed by atoms with Gasteiger partial charge in [0.05, 0.1) is 13.3 Å². The van der Waals surface area contributed by atoms with E-state index >= 15 is 0 Å². The Kier molecular flexibility index (Phi) is 5.51. The van der Waals surface area contributed by atoms with Gasteiger partial charge in [0.25, 0.3) is 0 Å². The molecule has 0 fully saturated rings. The summed E-state index contributed by atoms with van der Waals surface area (Å²) in [7, 11) is 1.49. The number of hydrazone groups is 1. The predicted octanol–water partition coefficient (Wildman–Crippen LogP) is 2.42. The van der Waals surface area contributed by atoms with Gasteiger partial charge in [0, 0.05) is 5.56 Å². The molecule has 23 heavy (non-hydrogen) atoms. The first-order chi connectivity index (χ1) is 11.1. The zero-order chi connectivity index (χ0) is 16.7. The van der Waals surface area contributed by atoms with Crippen molar-refractivity contribution in [3.63, 3.8) is 0 Å². The highest BCUT2D eigenvalue weighted by molar-refractivity contribution is 5.82. The number of nitrogens with zero attached hydrogens (tertiary/aromatic N) is 1. The first-order valence-corrected chi connectivity index (χ1v) is 6.73. The number of carbonyl (C=O) groups is 1. The number of urea groups is 1. The van der Waals surface area contributed by atoms with Crippen LogP contribution in [0, 0.1) is 5.82 Å². The second-order valence-corrected chi connectivity index (χ2v) is 4.52. The Morgan fingerprint density at radius 3 is 2.78 bits per heavy atom. The number of nitrogens with two attached hydrogens (primary N) is 1. The summed E-state index contributed by atoms with van der Waals surface area (Å²) in [6, 6.07) is 10.7. The molecule has 0 aromatic heterocycles. The van der Waals surface area contributed by atoms with Crippen LogP contribution in [0.15, 0.2) is 47.6 Å². The maximum atomic E-state index is 13.6. The molecule has 0 unspecified atom stereocenters. The number of hydrogen-bond donors (Lipinski definition) is 2. The number of halogens is 1. The summed E-state index contributed by atoms with van der Waals surface area (Å²) < 4.78 is 24.4. The molecular weight excluding hydrogens is 301 g/mol. The maximum absolute atomic E-state index is 13.6. The number of rotatable bonds is 6. The van der Waals surface area contributed by atoms with Gasteiger partial charge in [0.2, 0.25) is 0 Å². The van der Waals surface area contributed by atoms with Crippen LogP contribution in [0.1, 0.15) is 11.1 Å². The van der Waals surface area contributed by atoms with E-state index < -0.39 is 6.03 Å². The summed E-state index contributed by atoms with van der Waals surface area (Å²) >= 11 is 0. The average Bonchev–Trinajstić information content (AvgIpc) is 2.54. The van der Waals surface area contributed by atoms with Crippen molar-refractivity contribution in [3.05, 3.63) is 59.4 Å². The third-order valence-corrected chi connectivity index (χ3v) is 2.92. The summed E-state index contributed by atoms with van der Waals surface area (Å²) in [4.78, 5) is 10.5. The minimum absolute atomic E-state index is 0.0830. The third-order valence-electron chi connectivity index (χ3n) is 2.92. The lowest BCUT2D eigenvalue weighted by Gasteiger charge is -2.11. The van der Waals surface area contributed by atoms with E-state index in [4.69, 9.17) is 15.2 Å². The number of primary amides is 1. The van der Waals surface area contributed by atoms with E-state index in [0.717, 1.165) is 0 Å². The van der Waals surface area contributed by atoms with E-state index in [2.05, 4.69) is 10.5 Å². The van der Waals surface area contributed by atoms with Crippen LogP contribution in [0.3, 0.4) is 0 Å². The van der Waals surface area contributed by atoms with Gasteiger partial charge in [-0.1, -0.05) is 18.2 Å². The Bertz CT molecular complexity index is 719. The second kappa shape index (κ2) is 7.79. The van der Waals surface area contributed by atoms with Crippen molar-refractivity contribution >= 4 is 12.2 Å². The standard InChI is InChI=1S/C16H16FN3O3/c1-22-15-8-11(9-19-20-16(18)21)6-7-14(15)23-10-12-4-2-3-5-13(12)17/h2-9H,10H2,1H3,(H3,18,20,21)/b19-9-. The van der Waals surface area contributed by atoms with E-state index in [0.29, 0.717) is 22.6 Å². The van der Waals surface area contributed by atoms with Gasteiger partial charge in [0.1, 0.15) is 12.4 Å². The van der Waals surface area contributed by atoms with Gasteiger partial charge in [-0.25, -0.2) is 14.6 Å². The van der Waals surface area contributed by atoms with Gasteiger partial charge >= 0.3 is 6.03 Å². The molecule has 0 bridgehead atoms. The van der Waals surface area contributed by atoms with Gasteiger partial charge in [-0.2, -0.15) is 5.10 Å². The molecule has 7 heteroatoms. The highest BCUT2D eigenvalue weighted by atomic mass is 19.1. The Balaban J connectivity index is 2.09. The molecule has 0 aliphatic heterocycles. The molecule has 2 aromatic rings. The quantitative estimate of drug-likeness (QED) is 0.633. The molecule has 0 aliphatic rings. The number of nitrogens with one attached hydrogen (secondary N) is 1. The molecule has 0 radical (unpaired) electrons. The first-order valence-electron chi connectivity index (χ1n) is 6.73. The van der Waals surface area contributed by atoms with E-state index in [1.54, 1.807) is 36.4 Å². The predicted molar refractivity (Wildman–Crippen MR) is 84.0 cm³/mol. The minimum atomic E-state index is -0.752. The van der Waals surface area contributed by atoms with E-state index in [9.17, 15) is 9.18 Å². The molecule has 3 N–H and O–H groups in total. The summed E-state index contributed by atoms with van der Waals surface area (Å²) in [5, 5.41) is 3.66. The van der Waals surface area contributed by atoms with Crippen molar-refractivity contribution in [2.75, 3.05) is 7.11 Å². The molecular formula is C16H16FN3O3. The molecule has 0 spiro atoms. The smallest absolute Gasteiger partial charge is 0.332 e. The number of methoxy groups -OCH3 is 1. The highest BCUT2D eigenvalue weighted by Crippen LogP contribution is 2.28. The monoisotopic (exact) mass is 317 g/mol. The van der Waals surface area contributed by atoms with Crippen LogP contribution in [0.5, 0.6) is 11.5 Å². The van der Waals surface area contributed by atoms with Gasteiger partial charge in [-0.15, -0.1) is 0 Å². The van der Waals surface area contributed by atoms with Gasteiger partial charge in [-0.3, -0.25) is 0 Å². The van der Waals surface area contributed by atoms with Crippen LogP contribution >= 0.6 is 0 Å². The molecule has 0 saturated carbocycles. The lowest BCUT2D eigenvalue weighted by atomic mass is 10.2. The van der Waals surface area contributed by atoms with E-state index in [-0.39, 0.29) is 12.4 Å². The molecule has 0 saturated heterocycles. The molecule has 0 aliphatic carbocycles. The SMILES string of the molecule is COc1cc(/C=N\NC(N)=O)ccc1OCc1ccccc1F. The van der Waals surface area contributed by atoms with Crippen LogP contribution < -0.4 is 20.6 Å². The third kappa shape index (κ3) is 4.70. The summed E-state index contributed by atoms with van der Waals surface area (Å²) in [6.45, 7) is 0.0830. The number of carbonyl (C=O) groups excluding carboxylic acids is 1. The summed E-state index contributed by atoms with van der Waals surface area (Å²) in [6.07, 6.45) is 1.41. The first kappa shape index (κ1) is 16.3. The van der Waals surface area contributed by atoms with Crippen LogP contribution in [0.4, 0.5) is 9.18 Å². The van der Waals surface area contributed by atoms with Gasteiger partial charge in [-0.05, 0) is 29.8 Å². The van der Waals surface area contributed by atoms with E-state index in [1.165, 1.54) is 19.4 Å². The molecule has 0 heterocycles. The molecule has 2 rings (SSSR count). The topological polar surface area (TPSA) is 85.9 Å². The lowest BCUT2D eigenvalue weighted by molar-refractivity contribution is 0.249. The zero-order valence-corrected chi connectivity index (χ0v) is 12.5. The number of ether oxygens (including phenoxy) is 2. The van der Waals surface area contributed by atoms with Crippen LogP contribution in [-0.2, 0) is 6.61 Å². The van der Waals surface area contributed by atoms with E-state index in [1.807, 2.05) is 0 Å². The van der Waals surface area contributed by atoms with Crippen molar-refractivity contribution in [1.29, 1.82) is 0 Å². The number of benzene rings is 2. The summed E-state index contributed by atoms with van der Waals surface area (Å²) in [5.74, 6) is 0.605. The largest absolute Gasteiger partial charge is 0.493 e. The zero-order valence-electron chi connectivity index (χ0n) is 12.5. The molecule has 120 valence electrons. The van der Waals surface area contributed by atoms with Crippen LogP contribution in [-0.4, -0.2) is 19.4 Å². The molecule has 2 aromatic carbocycles. The average molecular weight is 317 g/mol. The molecule has 2 amide bonds. The van der Waals surface area contributed by atoms with Crippen molar-refractivity contribution < 1.29 is 18.7 Å².